The average molecular weight is 338 g/mol. The van der Waals surface area contributed by atoms with Crippen molar-refractivity contribution in [1.29, 1.82) is 0 Å². The fraction of sp³-hybridized carbons (Fsp3) is 0.611. The second-order valence-electron chi connectivity index (χ2n) is 6.77. The molecule has 1 aromatic carbocycles. The Morgan fingerprint density at radius 3 is 2.26 bits per heavy atom. The molecule has 2 atom stereocenters. The van der Waals surface area contributed by atoms with Crippen LogP contribution >= 0.6 is 0 Å². The number of carbonyl (C=O) groups is 1. The summed E-state index contributed by atoms with van der Waals surface area (Å²) in [6.45, 7) is 8.04. The lowest BCUT2D eigenvalue weighted by Gasteiger charge is -2.35. The number of hydrogen-bond acceptors (Lipinski definition) is 4. The van der Waals surface area contributed by atoms with E-state index in [1.165, 1.54) is 0 Å². The fourth-order valence-corrected chi connectivity index (χ4v) is 5.81. The molecule has 2 saturated carbocycles. The Balaban J connectivity index is 0.000000924. The van der Waals surface area contributed by atoms with Crippen molar-refractivity contribution in [2.45, 2.75) is 47.0 Å². The summed E-state index contributed by atoms with van der Waals surface area (Å²) in [5.74, 6) is 0.477. The van der Waals surface area contributed by atoms with Crippen molar-refractivity contribution in [2.24, 2.45) is 16.7 Å². The monoisotopic (exact) mass is 338 g/mol. The minimum absolute atomic E-state index is 0.0870. The number of carbonyl (C=O) groups excluding carboxylic acids is 1. The Bertz CT molecular complexity index is 664. The quantitative estimate of drug-likeness (QED) is 0.783. The first-order valence-corrected chi connectivity index (χ1v) is 9.85. The van der Waals surface area contributed by atoms with Gasteiger partial charge in [0.15, 0.2) is 0 Å². The van der Waals surface area contributed by atoms with Gasteiger partial charge < -0.3 is 4.18 Å². The molecule has 2 aliphatic carbocycles. The van der Waals surface area contributed by atoms with Crippen LogP contribution in [0.1, 0.15) is 47.0 Å². The zero-order valence-corrected chi connectivity index (χ0v) is 15.2. The Morgan fingerprint density at radius 2 is 1.78 bits per heavy atom. The molecule has 3 rings (SSSR count). The molecule has 0 saturated heterocycles. The van der Waals surface area contributed by atoms with Crippen molar-refractivity contribution in [3.05, 3.63) is 30.3 Å². The predicted octanol–water partition coefficient (Wildman–Crippen LogP) is 3.82. The minimum atomic E-state index is -3.79. The van der Waals surface area contributed by atoms with E-state index in [0.717, 1.165) is 6.42 Å². The van der Waals surface area contributed by atoms with Crippen LogP contribution < -0.4 is 4.18 Å². The number of fused-ring (bicyclic) bond motifs is 2. The van der Waals surface area contributed by atoms with Crippen LogP contribution in [-0.2, 0) is 14.9 Å². The molecule has 0 heterocycles. The van der Waals surface area contributed by atoms with Gasteiger partial charge in [-0.3, -0.25) is 4.79 Å². The molecule has 128 valence electrons. The Labute approximate surface area is 139 Å². The number of rotatable bonds is 4. The first-order chi connectivity index (χ1) is 10.8. The summed E-state index contributed by atoms with van der Waals surface area (Å²) in [7, 11) is -3.79. The molecule has 5 heteroatoms. The molecule has 1 aromatic rings. The summed E-state index contributed by atoms with van der Waals surface area (Å²) >= 11 is 0. The third kappa shape index (κ3) is 3.03. The molecule has 4 nitrogen and oxygen atoms in total. The van der Waals surface area contributed by atoms with Crippen LogP contribution in [0.4, 0.5) is 0 Å². The SMILES string of the molecule is CC.CC1(C)C2CCC1(CS(=O)(=O)Oc1ccccc1)C(=O)C2. The van der Waals surface area contributed by atoms with Crippen LogP contribution in [-0.4, -0.2) is 20.0 Å². The first-order valence-electron chi connectivity index (χ1n) is 8.27. The van der Waals surface area contributed by atoms with Gasteiger partial charge in [-0.05, 0) is 36.3 Å². The van der Waals surface area contributed by atoms with E-state index in [1.54, 1.807) is 30.3 Å². The zero-order valence-electron chi connectivity index (χ0n) is 14.3. The Morgan fingerprint density at radius 1 is 1.17 bits per heavy atom. The van der Waals surface area contributed by atoms with Crippen molar-refractivity contribution in [3.8, 4) is 5.75 Å². The molecule has 0 N–H and O–H groups in total. The molecule has 0 aromatic heterocycles. The highest BCUT2D eigenvalue weighted by molar-refractivity contribution is 7.87. The summed E-state index contributed by atoms with van der Waals surface area (Å²) < 4.78 is 30.0. The van der Waals surface area contributed by atoms with Gasteiger partial charge in [0.1, 0.15) is 11.5 Å². The van der Waals surface area contributed by atoms with E-state index in [2.05, 4.69) is 0 Å². The molecule has 0 aliphatic heterocycles. The minimum Gasteiger partial charge on any atom is -0.382 e. The first kappa shape index (κ1) is 18.0. The van der Waals surface area contributed by atoms with Crippen molar-refractivity contribution in [1.82, 2.24) is 0 Å². The van der Waals surface area contributed by atoms with Crippen LogP contribution in [0.15, 0.2) is 30.3 Å². The van der Waals surface area contributed by atoms with Gasteiger partial charge in [-0.1, -0.05) is 45.9 Å². The van der Waals surface area contributed by atoms with Crippen LogP contribution in [0.3, 0.4) is 0 Å². The van der Waals surface area contributed by atoms with Gasteiger partial charge in [0.2, 0.25) is 0 Å². The number of para-hydroxylation sites is 1. The number of benzene rings is 1. The molecule has 0 amide bonds. The van der Waals surface area contributed by atoms with Crippen LogP contribution in [0.25, 0.3) is 0 Å². The summed E-state index contributed by atoms with van der Waals surface area (Å²) in [5.41, 5.74) is -1.04. The van der Waals surface area contributed by atoms with Crippen LogP contribution in [0.2, 0.25) is 0 Å². The Hall–Kier alpha value is -1.36. The number of ketones is 1. The maximum Gasteiger partial charge on any atom is 0.310 e. The second kappa shape index (κ2) is 6.27. The second-order valence-corrected chi connectivity index (χ2v) is 8.34. The van der Waals surface area contributed by atoms with E-state index >= 15 is 0 Å². The van der Waals surface area contributed by atoms with Gasteiger partial charge in [0.05, 0.1) is 11.2 Å². The third-order valence-corrected chi connectivity index (χ3v) is 6.82. The van der Waals surface area contributed by atoms with Crippen molar-refractivity contribution in [3.63, 3.8) is 0 Å². The zero-order chi connectivity index (χ0) is 17.3. The standard InChI is InChI=1S/C16H20O4S.C2H6/c1-15(2)12-8-9-16(15,14(17)10-12)11-21(18,19)20-13-6-4-3-5-7-13;1-2/h3-7,12H,8-11H2,1-2H3;1-2H3. The van der Waals surface area contributed by atoms with Gasteiger partial charge in [-0.15, -0.1) is 0 Å². The maximum absolute atomic E-state index is 12.4. The fourth-order valence-electron chi connectivity index (χ4n) is 4.06. The molecular weight excluding hydrogens is 312 g/mol. The maximum atomic E-state index is 12.4. The molecule has 0 spiro atoms. The summed E-state index contributed by atoms with van der Waals surface area (Å²) in [6.07, 6.45) is 2.09. The number of Topliss-reactive ketones (excluding diaryl/α,β-unsaturated/α-hetero) is 1. The van der Waals surface area contributed by atoms with Crippen LogP contribution in [0.5, 0.6) is 5.75 Å². The highest BCUT2D eigenvalue weighted by Gasteiger charge is 2.65. The molecule has 2 unspecified atom stereocenters. The highest BCUT2D eigenvalue weighted by atomic mass is 32.2. The number of hydrogen-bond donors (Lipinski definition) is 0. The summed E-state index contributed by atoms with van der Waals surface area (Å²) in [4.78, 5) is 12.4. The van der Waals surface area contributed by atoms with E-state index < -0.39 is 15.5 Å². The van der Waals surface area contributed by atoms with Gasteiger partial charge >= 0.3 is 10.1 Å². The van der Waals surface area contributed by atoms with Gasteiger partial charge in [-0.2, -0.15) is 8.42 Å². The lowest BCUT2D eigenvalue weighted by molar-refractivity contribution is -0.128. The Kier molecular flexibility index (Phi) is 4.90. The van der Waals surface area contributed by atoms with Crippen molar-refractivity contribution in [2.75, 3.05) is 5.75 Å². The molecule has 2 aliphatic rings. The molecule has 2 fully saturated rings. The van der Waals surface area contributed by atoms with Crippen molar-refractivity contribution >= 4 is 15.9 Å². The van der Waals surface area contributed by atoms with E-state index in [4.69, 9.17) is 4.18 Å². The van der Waals surface area contributed by atoms with Crippen LogP contribution in [0, 0.1) is 16.7 Å². The van der Waals surface area contributed by atoms with E-state index in [9.17, 15) is 13.2 Å². The van der Waals surface area contributed by atoms with E-state index in [-0.39, 0.29) is 17.0 Å². The smallest absolute Gasteiger partial charge is 0.310 e. The third-order valence-electron chi connectivity index (χ3n) is 5.53. The average Bonchev–Trinajstić information content (AvgIpc) is 2.83. The van der Waals surface area contributed by atoms with Gasteiger partial charge in [-0.25, -0.2) is 0 Å². The summed E-state index contributed by atoms with van der Waals surface area (Å²) in [5, 5.41) is 0. The van der Waals surface area contributed by atoms with Crippen molar-refractivity contribution < 1.29 is 17.4 Å². The molecule has 23 heavy (non-hydrogen) atoms. The molecule has 2 bridgehead atoms. The summed E-state index contributed by atoms with van der Waals surface area (Å²) in [6, 6.07) is 8.45. The largest absolute Gasteiger partial charge is 0.382 e. The lowest BCUT2D eigenvalue weighted by atomic mass is 9.70. The highest BCUT2D eigenvalue weighted by Crippen LogP contribution is 2.64. The predicted molar refractivity (Wildman–Crippen MR) is 90.8 cm³/mol. The normalized spacial score (nSPS) is 28.2. The molecular formula is C18H26O4S. The van der Waals surface area contributed by atoms with Gasteiger partial charge in [0, 0.05) is 6.42 Å². The van der Waals surface area contributed by atoms with Gasteiger partial charge in [0.25, 0.3) is 0 Å². The lowest BCUT2D eigenvalue weighted by Crippen LogP contribution is -2.43. The topological polar surface area (TPSA) is 60.4 Å². The van der Waals surface area contributed by atoms with E-state index in [0.29, 0.717) is 24.5 Å². The molecule has 0 radical (unpaired) electrons. The van der Waals surface area contributed by atoms with E-state index in [1.807, 2.05) is 27.7 Å².